The van der Waals surface area contributed by atoms with Gasteiger partial charge in [0.2, 0.25) is 5.88 Å². The Bertz CT molecular complexity index is 548. The van der Waals surface area contributed by atoms with Gasteiger partial charge in [-0.3, -0.25) is 0 Å². The molecule has 0 atom stereocenters. The molecule has 0 aliphatic carbocycles. The van der Waals surface area contributed by atoms with Gasteiger partial charge in [0.25, 0.3) is 0 Å². The fourth-order valence-corrected chi connectivity index (χ4v) is 2.39. The molecule has 1 aromatic carbocycles. The quantitative estimate of drug-likeness (QED) is 0.854. The first-order chi connectivity index (χ1) is 9.71. The molecular formula is C16H19BrN2O. The van der Waals surface area contributed by atoms with Crippen molar-refractivity contribution in [3.63, 3.8) is 0 Å². The monoisotopic (exact) mass is 334 g/mol. The summed E-state index contributed by atoms with van der Waals surface area (Å²) in [5.41, 5.74) is 2.26. The van der Waals surface area contributed by atoms with Gasteiger partial charge in [-0.05, 0) is 43.3 Å². The summed E-state index contributed by atoms with van der Waals surface area (Å²) in [6, 6.07) is 11.9. The number of hydrogen-bond acceptors (Lipinski definition) is 3. The third-order valence-electron chi connectivity index (χ3n) is 2.82. The number of hydrogen-bond donors (Lipinski definition) is 1. The third-order valence-corrected chi connectivity index (χ3v) is 3.31. The Balaban J connectivity index is 2.25. The molecule has 0 bridgehead atoms. The number of halogens is 1. The summed E-state index contributed by atoms with van der Waals surface area (Å²) >= 11 is 3.44. The van der Waals surface area contributed by atoms with E-state index in [1.807, 2.05) is 37.4 Å². The highest BCUT2D eigenvalue weighted by molar-refractivity contribution is 9.10. The number of pyridine rings is 1. The lowest BCUT2D eigenvalue weighted by atomic mass is 10.1. The molecule has 0 aliphatic heterocycles. The first-order valence-corrected chi connectivity index (χ1v) is 7.58. The van der Waals surface area contributed by atoms with Crippen LogP contribution in [0.1, 0.15) is 24.6 Å². The molecule has 0 amide bonds. The van der Waals surface area contributed by atoms with Crippen molar-refractivity contribution >= 4 is 15.9 Å². The Hall–Kier alpha value is -1.39. The van der Waals surface area contributed by atoms with E-state index in [-0.39, 0.29) is 0 Å². The first-order valence-electron chi connectivity index (χ1n) is 6.79. The number of benzene rings is 1. The maximum absolute atomic E-state index is 5.86. The van der Waals surface area contributed by atoms with Crippen LogP contribution < -0.4 is 10.1 Å². The molecule has 1 aromatic heterocycles. The van der Waals surface area contributed by atoms with Crippen LogP contribution in [0.4, 0.5) is 0 Å². The van der Waals surface area contributed by atoms with Crippen molar-refractivity contribution < 1.29 is 4.74 Å². The Kier molecular flexibility index (Phi) is 5.56. The predicted molar refractivity (Wildman–Crippen MR) is 85.2 cm³/mol. The second-order valence-electron chi connectivity index (χ2n) is 4.64. The van der Waals surface area contributed by atoms with Crippen LogP contribution in [-0.4, -0.2) is 12.0 Å². The van der Waals surface area contributed by atoms with Crippen molar-refractivity contribution in [3.05, 3.63) is 52.1 Å². The SMILES string of the molecule is CCCc1cc(CNC)cc(Oc2cccc(Br)c2)n1. The Labute approximate surface area is 128 Å². The van der Waals surface area contributed by atoms with Crippen LogP contribution in [0.15, 0.2) is 40.9 Å². The predicted octanol–water partition coefficient (Wildman–Crippen LogP) is 4.31. The van der Waals surface area contributed by atoms with Gasteiger partial charge in [0, 0.05) is 22.8 Å². The molecule has 0 fully saturated rings. The maximum atomic E-state index is 5.86. The number of rotatable bonds is 6. The Morgan fingerprint density at radius 3 is 2.80 bits per heavy atom. The van der Waals surface area contributed by atoms with Crippen LogP contribution in [0.3, 0.4) is 0 Å². The second-order valence-corrected chi connectivity index (χ2v) is 5.56. The molecule has 2 aromatic rings. The molecule has 0 aliphatic rings. The highest BCUT2D eigenvalue weighted by atomic mass is 79.9. The molecule has 106 valence electrons. The highest BCUT2D eigenvalue weighted by Crippen LogP contribution is 2.24. The van der Waals surface area contributed by atoms with E-state index in [1.54, 1.807) is 0 Å². The van der Waals surface area contributed by atoms with E-state index in [0.717, 1.165) is 35.3 Å². The smallest absolute Gasteiger partial charge is 0.219 e. The zero-order chi connectivity index (χ0) is 14.4. The highest BCUT2D eigenvalue weighted by Gasteiger charge is 2.05. The summed E-state index contributed by atoms with van der Waals surface area (Å²) in [5, 5.41) is 3.16. The van der Waals surface area contributed by atoms with Crippen LogP contribution in [0, 0.1) is 0 Å². The van der Waals surface area contributed by atoms with Gasteiger partial charge in [-0.15, -0.1) is 0 Å². The van der Waals surface area contributed by atoms with E-state index in [9.17, 15) is 0 Å². The number of nitrogens with one attached hydrogen (secondary N) is 1. The molecule has 20 heavy (non-hydrogen) atoms. The van der Waals surface area contributed by atoms with Crippen LogP contribution in [0.2, 0.25) is 0 Å². The van der Waals surface area contributed by atoms with Gasteiger partial charge in [-0.2, -0.15) is 0 Å². The zero-order valence-corrected chi connectivity index (χ0v) is 13.4. The minimum atomic E-state index is 0.652. The summed E-state index contributed by atoms with van der Waals surface area (Å²) < 4.78 is 6.86. The fourth-order valence-electron chi connectivity index (χ4n) is 2.01. The lowest BCUT2D eigenvalue weighted by molar-refractivity contribution is 0.459. The van der Waals surface area contributed by atoms with Crippen molar-refractivity contribution in [3.8, 4) is 11.6 Å². The fraction of sp³-hybridized carbons (Fsp3) is 0.312. The van der Waals surface area contributed by atoms with Crippen LogP contribution in [0.25, 0.3) is 0 Å². The zero-order valence-electron chi connectivity index (χ0n) is 11.8. The molecule has 0 saturated carbocycles. The van der Waals surface area contributed by atoms with E-state index in [4.69, 9.17) is 4.74 Å². The summed E-state index contributed by atoms with van der Waals surface area (Å²) in [6.07, 6.45) is 2.04. The lowest BCUT2D eigenvalue weighted by Crippen LogP contribution is -2.06. The van der Waals surface area contributed by atoms with Gasteiger partial charge in [-0.1, -0.05) is 35.3 Å². The maximum Gasteiger partial charge on any atom is 0.219 e. The van der Waals surface area contributed by atoms with E-state index < -0.39 is 0 Å². The molecule has 0 saturated heterocycles. The lowest BCUT2D eigenvalue weighted by Gasteiger charge is -2.10. The standard InChI is InChI=1S/C16H19BrN2O/c1-3-5-14-8-12(11-18-2)9-16(19-14)20-15-7-4-6-13(17)10-15/h4,6-10,18H,3,5,11H2,1-2H3. The summed E-state index contributed by atoms with van der Waals surface area (Å²) in [6.45, 7) is 2.97. The van der Waals surface area contributed by atoms with E-state index in [0.29, 0.717) is 5.88 Å². The third kappa shape index (κ3) is 4.32. The summed E-state index contributed by atoms with van der Waals surface area (Å²) in [4.78, 5) is 4.57. The van der Waals surface area contributed by atoms with Gasteiger partial charge in [0.05, 0.1) is 0 Å². The normalized spacial score (nSPS) is 10.6. The topological polar surface area (TPSA) is 34.1 Å². The molecule has 3 nitrogen and oxygen atoms in total. The number of aryl methyl sites for hydroxylation is 1. The van der Waals surface area contributed by atoms with E-state index in [1.165, 1.54) is 5.56 Å². The molecule has 4 heteroatoms. The minimum absolute atomic E-state index is 0.652. The average Bonchev–Trinajstić information content (AvgIpc) is 2.39. The van der Waals surface area contributed by atoms with Crippen molar-refractivity contribution in [1.82, 2.24) is 10.3 Å². The van der Waals surface area contributed by atoms with E-state index in [2.05, 4.69) is 39.2 Å². The molecule has 0 radical (unpaired) electrons. The summed E-state index contributed by atoms with van der Waals surface area (Å²) in [7, 11) is 1.94. The second kappa shape index (κ2) is 7.41. The van der Waals surface area contributed by atoms with E-state index >= 15 is 0 Å². The Morgan fingerprint density at radius 1 is 1.25 bits per heavy atom. The average molecular weight is 335 g/mol. The molecule has 0 spiro atoms. The van der Waals surface area contributed by atoms with Crippen LogP contribution >= 0.6 is 15.9 Å². The van der Waals surface area contributed by atoms with Crippen molar-refractivity contribution in [2.75, 3.05) is 7.05 Å². The van der Waals surface area contributed by atoms with Crippen LogP contribution in [0.5, 0.6) is 11.6 Å². The molecule has 2 rings (SSSR count). The molecular weight excluding hydrogens is 316 g/mol. The van der Waals surface area contributed by atoms with Gasteiger partial charge in [0.1, 0.15) is 5.75 Å². The summed E-state index contributed by atoms with van der Waals surface area (Å²) in [5.74, 6) is 1.44. The molecule has 1 heterocycles. The van der Waals surface area contributed by atoms with Crippen molar-refractivity contribution in [2.24, 2.45) is 0 Å². The van der Waals surface area contributed by atoms with Crippen molar-refractivity contribution in [2.45, 2.75) is 26.3 Å². The van der Waals surface area contributed by atoms with Gasteiger partial charge in [-0.25, -0.2) is 4.98 Å². The largest absolute Gasteiger partial charge is 0.439 e. The number of ether oxygens (including phenoxy) is 1. The molecule has 0 unspecified atom stereocenters. The van der Waals surface area contributed by atoms with Crippen molar-refractivity contribution in [1.29, 1.82) is 0 Å². The number of aromatic nitrogens is 1. The minimum Gasteiger partial charge on any atom is -0.439 e. The molecule has 1 N–H and O–H groups in total. The van der Waals surface area contributed by atoms with Gasteiger partial charge >= 0.3 is 0 Å². The van der Waals surface area contributed by atoms with Gasteiger partial charge in [0.15, 0.2) is 0 Å². The van der Waals surface area contributed by atoms with Gasteiger partial charge < -0.3 is 10.1 Å². The Morgan fingerprint density at radius 2 is 2.10 bits per heavy atom. The number of nitrogens with zero attached hydrogens (tertiary/aromatic N) is 1. The first kappa shape index (κ1) is 15.0. The van der Waals surface area contributed by atoms with Crippen LogP contribution in [-0.2, 0) is 13.0 Å².